The lowest BCUT2D eigenvalue weighted by Crippen LogP contribution is -2.43. The van der Waals surface area contributed by atoms with Crippen LogP contribution < -0.4 is 0 Å². The molecular formula is C26H44O4Si. The van der Waals surface area contributed by atoms with Crippen LogP contribution in [0, 0.1) is 11.8 Å². The van der Waals surface area contributed by atoms with Crippen molar-refractivity contribution >= 4 is 20.1 Å². The lowest BCUT2D eigenvalue weighted by atomic mass is 9.90. The number of ketones is 1. The zero-order valence-electron chi connectivity index (χ0n) is 20.5. The summed E-state index contributed by atoms with van der Waals surface area (Å²) >= 11 is 0. The largest absolute Gasteiger partial charge is 0.481 e. The molecule has 3 atom stereocenters. The highest BCUT2D eigenvalue weighted by molar-refractivity contribution is 6.74. The van der Waals surface area contributed by atoms with Gasteiger partial charge in [0.1, 0.15) is 0 Å². The van der Waals surface area contributed by atoms with E-state index in [0.717, 1.165) is 25.7 Å². The normalized spacial score (nSPS) is 20.9. The van der Waals surface area contributed by atoms with E-state index in [9.17, 15) is 9.59 Å². The van der Waals surface area contributed by atoms with Gasteiger partial charge in [-0.15, -0.1) is 0 Å². The number of hydrogen-bond acceptors (Lipinski definition) is 3. The number of carboxylic acid groups (broad SMARTS) is 1. The van der Waals surface area contributed by atoms with Crippen LogP contribution in [0.25, 0.3) is 0 Å². The van der Waals surface area contributed by atoms with Crippen molar-refractivity contribution in [3.8, 4) is 0 Å². The molecule has 0 aromatic rings. The van der Waals surface area contributed by atoms with Crippen LogP contribution in [0.2, 0.25) is 18.1 Å². The summed E-state index contributed by atoms with van der Waals surface area (Å²) in [6.45, 7) is 13.6. The molecule has 0 aliphatic heterocycles. The molecule has 0 aromatic carbocycles. The highest BCUT2D eigenvalue weighted by Gasteiger charge is 2.38. The van der Waals surface area contributed by atoms with Gasteiger partial charge in [0, 0.05) is 12.3 Å². The first-order valence-electron chi connectivity index (χ1n) is 11.9. The fourth-order valence-corrected chi connectivity index (χ4v) is 4.76. The molecule has 0 amide bonds. The number of aliphatic carboxylic acids is 1. The zero-order chi connectivity index (χ0) is 23.5. The first-order valence-corrected chi connectivity index (χ1v) is 14.8. The van der Waals surface area contributed by atoms with Gasteiger partial charge < -0.3 is 9.53 Å². The molecule has 0 radical (unpaired) electrons. The summed E-state index contributed by atoms with van der Waals surface area (Å²) in [5.74, 6) is -0.541. The molecule has 0 unspecified atom stereocenters. The Morgan fingerprint density at radius 1 is 1.23 bits per heavy atom. The van der Waals surface area contributed by atoms with Crippen LogP contribution in [-0.4, -0.2) is 31.3 Å². The van der Waals surface area contributed by atoms with Gasteiger partial charge in [-0.3, -0.25) is 9.59 Å². The maximum absolute atomic E-state index is 12.5. The van der Waals surface area contributed by atoms with E-state index >= 15 is 0 Å². The maximum atomic E-state index is 12.5. The van der Waals surface area contributed by atoms with Crippen LogP contribution in [0.15, 0.2) is 36.5 Å². The van der Waals surface area contributed by atoms with Crippen molar-refractivity contribution in [1.82, 2.24) is 0 Å². The van der Waals surface area contributed by atoms with Crippen molar-refractivity contribution in [2.45, 2.75) is 103 Å². The third-order valence-electron chi connectivity index (χ3n) is 6.51. The molecular weight excluding hydrogens is 404 g/mol. The Labute approximate surface area is 191 Å². The maximum Gasteiger partial charge on any atom is 0.303 e. The summed E-state index contributed by atoms with van der Waals surface area (Å²) in [5.41, 5.74) is 0. The van der Waals surface area contributed by atoms with Crippen LogP contribution >= 0.6 is 0 Å². The van der Waals surface area contributed by atoms with Gasteiger partial charge >= 0.3 is 5.97 Å². The second-order valence-electron chi connectivity index (χ2n) is 10.2. The topological polar surface area (TPSA) is 63.6 Å². The fourth-order valence-electron chi connectivity index (χ4n) is 3.45. The average Bonchev–Trinajstić information content (AvgIpc) is 3.01. The van der Waals surface area contributed by atoms with Crippen LogP contribution in [0.5, 0.6) is 0 Å². The quantitative estimate of drug-likeness (QED) is 0.175. The molecule has 4 nitrogen and oxygen atoms in total. The van der Waals surface area contributed by atoms with Crippen molar-refractivity contribution in [2.75, 3.05) is 0 Å². The highest BCUT2D eigenvalue weighted by atomic mass is 28.4. The van der Waals surface area contributed by atoms with Gasteiger partial charge in [0.05, 0.1) is 6.10 Å². The lowest BCUT2D eigenvalue weighted by Gasteiger charge is -2.38. The van der Waals surface area contributed by atoms with E-state index in [-0.39, 0.29) is 35.2 Å². The van der Waals surface area contributed by atoms with Gasteiger partial charge in [-0.25, -0.2) is 0 Å². The number of carbonyl (C=O) groups excluding carboxylic acids is 1. The van der Waals surface area contributed by atoms with Crippen LogP contribution in [0.1, 0.15) is 79.1 Å². The SMILES string of the molecule is CCCCC[C@@H](/C=C/[C@H]1C(=O)C=C[C@@H]1C/C=C\CCCC(=O)O)O[Si](C)(C)C(C)(C)C. The Balaban J connectivity index is 2.75. The molecule has 1 rings (SSSR count). The first kappa shape index (κ1) is 27.6. The first-order chi connectivity index (χ1) is 14.5. The fraction of sp³-hybridized carbons (Fsp3) is 0.692. The van der Waals surface area contributed by atoms with Crippen LogP contribution in [0.3, 0.4) is 0 Å². The van der Waals surface area contributed by atoms with E-state index in [1.165, 1.54) is 12.8 Å². The van der Waals surface area contributed by atoms with Crippen molar-refractivity contribution in [2.24, 2.45) is 11.8 Å². The molecule has 0 saturated carbocycles. The van der Waals surface area contributed by atoms with E-state index < -0.39 is 14.3 Å². The lowest BCUT2D eigenvalue weighted by molar-refractivity contribution is -0.137. The second kappa shape index (κ2) is 13.2. The van der Waals surface area contributed by atoms with Crippen LogP contribution in [-0.2, 0) is 14.0 Å². The number of allylic oxidation sites excluding steroid dienone is 5. The number of carboxylic acids is 1. The summed E-state index contributed by atoms with van der Waals surface area (Å²) in [5, 5.41) is 8.86. The number of hydrogen-bond donors (Lipinski definition) is 1. The number of carbonyl (C=O) groups is 2. The van der Waals surface area contributed by atoms with Gasteiger partial charge in [0.2, 0.25) is 0 Å². The van der Waals surface area contributed by atoms with E-state index in [1.807, 2.05) is 12.2 Å². The second-order valence-corrected chi connectivity index (χ2v) is 15.0. The standard InChI is InChI=1S/C26H44O4Si/c1-7-8-11-15-22(30-31(5,6)26(2,3)4)18-19-23-21(17-20-24(23)27)14-12-9-10-13-16-25(28)29/h9,12,17-23H,7-8,10-11,13-16H2,1-6H3,(H,28,29)/b12-9-,19-18+/t21-,22-,23+/m0/s1. The molecule has 5 heteroatoms. The Hall–Kier alpha value is -1.46. The summed E-state index contributed by atoms with van der Waals surface area (Å²) in [4.78, 5) is 23.0. The highest BCUT2D eigenvalue weighted by Crippen LogP contribution is 2.38. The molecule has 176 valence electrons. The molecule has 0 aromatic heterocycles. The molecule has 0 spiro atoms. The molecule has 0 heterocycles. The molecule has 0 fully saturated rings. The van der Waals surface area contributed by atoms with Crippen molar-refractivity contribution in [1.29, 1.82) is 0 Å². The van der Waals surface area contributed by atoms with Gasteiger partial charge in [-0.2, -0.15) is 0 Å². The zero-order valence-corrected chi connectivity index (χ0v) is 21.5. The van der Waals surface area contributed by atoms with E-state index in [4.69, 9.17) is 9.53 Å². The minimum absolute atomic E-state index is 0.0630. The molecule has 1 aliphatic carbocycles. The van der Waals surface area contributed by atoms with Crippen molar-refractivity contribution in [3.63, 3.8) is 0 Å². The predicted octanol–water partition coefficient (Wildman–Crippen LogP) is 7.09. The molecule has 0 saturated heterocycles. The van der Waals surface area contributed by atoms with Gasteiger partial charge in [-0.05, 0) is 55.8 Å². The summed E-state index contributed by atoms with van der Waals surface area (Å²) in [7, 11) is -1.89. The monoisotopic (exact) mass is 448 g/mol. The molecule has 1 aliphatic rings. The van der Waals surface area contributed by atoms with Crippen LogP contribution in [0.4, 0.5) is 0 Å². The number of rotatable bonds is 14. The minimum atomic E-state index is -1.89. The Bertz CT molecular complexity index is 655. The Morgan fingerprint density at radius 3 is 2.55 bits per heavy atom. The summed E-state index contributed by atoms with van der Waals surface area (Å²) in [6.07, 6.45) is 19.1. The summed E-state index contributed by atoms with van der Waals surface area (Å²) in [6, 6.07) is 0. The van der Waals surface area contributed by atoms with Gasteiger partial charge in [0.25, 0.3) is 0 Å². The van der Waals surface area contributed by atoms with Crippen molar-refractivity contribution < 1.29 is 19.1 Å². The van der Waals surface area contributed by atoms with E-state index in [2.05, 4.69) is 59.0 Å². The third kappa shape index (κ3) is 10.1. The smallest absolute Gasteiger partial charge is 0.303 e. The average molecular weight is 449 g/mol. The molecule has 31 heavy (non-hydrogen) atoms. The van der Waals surface area contributed by atoms with Gasteiger partial charge in [0.15, 0.2) is 14.1 Å². The molecule has 1 N–H and O–H groups in total. The van der Waals surface area contributed by atoms with E-state index in [1.54, 1.807) is 6.08 Å². The van der Waals surface area contributed by atoms with E-state index in [0.29, 0.717) is 6.42 Å². The van der Waals surface area contributed by atoms with Crippen molar-refractivity contribution in [3.05, 3.63) is 36.5 Å². The molecule has 0 bridgehead atoms. The Kier molecular flexibility index (Phi) is 11.7. The summed E-state index contributed by atoms with van der Waals surface area (Å²) < 4.78 is 6.68. The predicted molar refractivity (Wildman–Crippen MR) is 132 cm³/mol. The number of unbranched alkanes of at least 4 members (excludes halogenated alkanes) is 3. The Morgan fingerprint density at radius 2 is 1.94 bits per heavy atom. The van der Waals surface area contributed by atoms with Gasteiger partial charge in [-0.1, -0.05) is 77.3 Å². The third-order valence-corrected chi connectivity index (χ3v) is 11.0. The minimum Gasteiger partial charge on any atom is -0.481 e.